The zero-order valence-electron chi connectivity index (χ0n) is 14.6. The van der Waals surface area contributed by atoms with Gasteiger partial charge in [-0.05, 0) is 44.7 Å². The van der Waals surface area contributed by atoms with Crippen LogP contribution in [-0.4, -0.2) is 50.3 Å². The molecular formula is C18H25N5O2. The maximum atomic E-state index is 12.9. The Hall–Kier alpha value is -2.15. The zero-order valence-corrected chi connectivity index (χ0v) is 14.6. The first-order valence-corrected chi connectivity index (χ1v) is 9.12. The van der Waals surface area contributed by atoms with Crippen LogP contribution in [0.15, 0.2) is 24.5 Å². The molecule has 25 heavy (non-hydrogen) atoms. The highest BCUT2D eigenvalue weighted by Crippen LogP contribution is 2.34. The topological polar surface area (TPSA) is 76.0 Å². The third-order valence-electron chi connectivity index (χ3n) is 5.38. The number of carbonyl (C=O) groups excluding carboxylic acids is 1. The van der Waals surface area contributed by atoms with Crippen LogP contribution >= 0.6 is 0 Å². The van der Waals surface area contributed by atoms with Crippen molar-refractivity contribution in [2.75, 3.05) is 19.7 Å². The average molecular weight is 343 g/mol. The number of amides is 1. The molecule has 1 saturated carbocycles. The molecule has 1 saturated heterocycles. The molecule has 0 radical (unpaired) electrons. The second kappa shape index (κ2) is 7.00. The van der Waals surface area contributed by atoms with Gasteiger partial charge in [-0.15, -0.1) is 0 Å². The Balaban J connectivity index is 1.35. The van der Waals surface area contributed by atoms with Crippen molar-refractivity contribution in [2.24, 2.45) is 5.92 Å². The van der Waals surface area contributed by atoms with Gasteiger partial charge in [-0.25, -0.2) is 4.98 Å². The Labute approximate surface area is 147 Å². The molecule has 4 rings (SSSR count). The number of aromatic nitrogens is 4. The first kappa shape index (κ1) is 16.3. The third-order valence-corrected chi connectivity index (χ3v) is 5.38. The molecule has 1 N–H and O–H groups in total. The Morgan fingerprint density at radius 3 is 2.68 bits per heavy atom. The number of H-pyrrole nitrogens is 1. The molecule has 1 amide bonds. The lowest BCUT2D eigenvalue weighted by atomic mass is 9.85. The number of hydrogen-bond acceptors (Lipinski definition) is 4. The minimum atomic E-state index is -0.223. The number of aromatic amines is 1. The molecule has 7 nitrogen and oxygen atoms in total. The number of hydrogen-bond donors (Lipinski definition) is 1. The van der Waals surface area contributed by atoms with Crippen molar-refractivity contribution < 1.29 is 9.53 Å². The minimum absolute atomic E-state index is 0.138. The predicted octanol–water partition coefficient (Wildman–Crippen LogP) is 2.25. The minimum Gasteiger partial charge on any atom is -0.366 e. The first-order valence-electron chi connectivity index (χ1n) is 9.12. The van der Waals surface area contributed by atoms with Gasteiger partial charge in [0.2, 0.25) is 5.91 Å². The molecule has 2 fully saturated rings. The number of carbonyl (C=O) groups is 1. The van der Waals surface area contributed by atoms with Gasteiger partial charge in [0.15, 0.2) is 5.82 Å². The number of morpholine rings is 1. The predicted molar refractivity (Wildman–Crippen MR) is 91.8 cm³/mol. The molecule has 0 aromatic carbocycles. The summed E-state index contributed by atoms with van der Waals surface area (Å²) in [4.78, 5) is 19.2. The second-order valence-electron chi connectivity index (χ2n) is 7.06. The molecule has 0 spiro atoms. The SMILES string of the molecule is Cc1nc(C2CN(C(=O)C3CCC(n4cccc4)CC3)CCO2)n[nH]1. The van der Waals surface area contributed by atoms with Crippen LogP contribution in [0.3, 0.4) is 0 Å². The Bertz CT molecular complexity index is 703. The van der Waals surface area contributed by atoms with E-state index in [9.17, 15) is 4.79 Å². The van der Waals surface area contributed by atoms with Gasteiger partial charge in [-0.3, -0.25) is 9.89 Å². The smallest absolute Gasteiger partial charge is 0.225 e. The molecule has 0 bridgehead atoms. The maximum absolute atomic E-state index is 12.9. The van der Waals surface area contributed by atoms with E-state index in [0.717, 1.165) is 31.5 Å². The van der Waals surface area contributed by atoms with Crippen molar-refractivity contribution >= 4 is 5.91 Å². The van der Waals surface area contributed by atoms with Crippen molar-refractivity contribution in [3.05, 3.63) is 36.2 Å². The van der Waals surface area contributed by atoms with Gasteiger partial charge in [0.05, 0.1) is 13.2 Å². The van der Waals surface area contributed by atoms with Crippen LogP contribution in [0.5, 0.6) is 0 Å². The number of nitrogens with zero attached hydrogens (tertiary/aromatic N) is 4. The van der Waals surface area contributed by atoms with E-state index >= 15 is 0 Å². The first-order chi connectivity index (χ1) is 12.2. The zero-order chi connectivity index (χ0) is 17.2. The van der Waals surface area contributed by atoms with Gasteiger partial charge >= 0.3 is 0 Å². The summed E-state index contributed by atoms with van der Waals surface area (Å²) in [7, 11) is 0. The highest BCUT2D eigenvalue weighted by atomic mass is 16.5. The molecule has 1 aliphatic heterocycles. The lowest BCUT2D eigenvalue weighted by Gasteiger charge is -2.36. The van der Waals surface area contributed by atoms with Gasteiger partial charge in [0.1, 0.15) is 11.9 Å². The van der Waals surface area contributed by atoms with Crippen molar-refractivity contribution in [2.45, 2.75) is 44.8 Å². The monoisotopic (exact) mass is 343 g/mol. The van der Waals surface area contributed by atoms with E-state index in [0.29, 0.717) is 31.6 Å². The van der Waals surface area contributed by atoms with Crippen LogP contribution in [0.1, 0.15) is 49.5 Å². The molecular weight excluding hydrogens is 318 g/mol. The Morgan fingerprint density at radius 2 is 2.00 bits per heavy atom. The Kier molecular flexibility index (Phi) is 4.57. The van der Waals surface area contributed by atoms with Crippen molar-refractivity contribution in [1.29, 1.82) is 0 Å². The van der Waals surface area contributed by atoms with E-state index in [1.54, 1.807) is 0 Å². The fraction of sp³-hybridized carbons (Fsp3) is 0.611. The summed E-state index contributed by atoms with van der Waals surface area (Å²) in [5.41, 5.74) is 0. The number of rotatable bonds is 3. The van der Waals surface area contributed by atoms with Crippen molar-refractivity contribution in [1.82, 2.24) is 24.6 Å². The number of aryl methyl sites for hydroxylation is 1. The highest BCUT2D eigenvalue weighted by Gasteiger charge is 2.33. The summed E-state index contributed by atoms with van der Waals surface area (Å²) in [5, 5.41) is 7.03. The number of ether oxygens (including phenoxy) is 1. The second-order valence-corrected chi connectivity index (χ2v) is 7.06. The molecule has 1 unspecified atom stereocenters. The van der Waals surface area contributed by atoms with Crippen molar-refractivity contribution in [3.8, 4) is 0 Å². The van der Waals surface area contributed by atoms with Gasteiger partial charge < -0.3 is 14.2 Å². The molecule has 2 aromatic rings. The molecule has 7 heteroatoms. The van der Waals surface area contributed by atoms with Crippen LogP contribution in [-0.2, 0) is 9.53 Å². The maximum Gasteiger partial charge on any atom is 0.225 e. The molecule has 1 aliphatic carbocycles. The van der Waals surface area contributed by atoms with Gasteiger partial charge in [0, 0.05) is 30.9 Å². The fourth-order valence-corrected chi connectivity index (χ4v) is 3.98. The highest BCUT2D eigenvalue weighted by molar-refractivity contribution is 5.79. The van der Waals surface area contributed by atoms with Gasteiger partial charge in [-0.2, -0.15) is 5.10 Å². The molecule has 3 heterocycles. The van der Waals surface area contributed by atoms with E-state index in [1.165, 1.54) is 0 Å². The van der Waals surface area contributed by atoms with Crippen LogP contribution in [0.2, 0.25) is 0 Å². The van der Waals surface area contributed by atoms with E-state index < -0.39 is 0 Å². The summed E-state index contributed by atoms with van der Waals surface area (Å²) in [6.45, 7) is 3.62. The third kappa shape index (κ3) is 3.46. The lowest BCUT2D eigenvalue weighted by molar-refractivity contribution is -0.144. The van der Waals surface area contributed by atoms with Crippen LogP contribution < -0.4 is 0 Å². The Morgan fingerprint density at radius 1 is 1.24 bits per heavy atom. The van der Waals surface area contributed by atoms with Crippen molar-refractivity contribution in [3.63, 3.8) is 0 Å². The van der Waals surface area contributed by atoms with E-state index in [-0.39, 0.29) is 17.9 Å². The van der Waals surface area contributed by atoms with E-state index in [1.807, 2.05) is 11.8 Å². The van der Waals surface area contributed by atoms with Gasteiger partial charge in [-0.1, -0.05) is 0 Å². The van der Waals surface area contributed by atoms with E-state index in [4.69, 9.17) is 4.74 Å². The van der Waals surface area contributed by atoms with Gasteiger partial charge in [0.25, 0.3) is 0 Å². The van der Waals surface area contributed by atoms with Crippen LogP contribution in [0, 0.1) is 12.8 Å². The quantitative estimate of drug-likeness (QED) is 0.927. The largest absolute Gasteiger partial charge is 0.366 e. The molecule has 2 aromatic heterocycles. The summed E-state index contributed by atoms with van der Waals surface area (Å²) >= 11 is 0. The van der Waals surface area contributed by atoms with Crippen LogP contribution in [0.25, 0.3) is 0 Å². The fourth-order valence-electron chi connectivity index (χ4n) is 3.98. The summed E-state index contributed by atoms with van der Waals surface area (Å²) in [6, 6.07) is 4.67. The van der Waals surface area contributed by atoms with E-state index in [2.05, 4.69) is 44.3 Å². The summed E-state index contributed by atoms with van der Waals surface area (Å²) < 4.78 is 8.04. The normalized spacial score (nSPS) is 27.4. The molecule has 1 atom stereocenters. The standard InChI is InChI=1S/C18H25N5O2/c1-13-19-17(21-20-13)16-12-23(10-11-25-16)18(24)14-4-6-15(7-5-14)22-8-2-3-9-22/h2-3,8-9,14-16H,4-7,10-12H2,1H3,(H,19,20,21). The molecule has 134 valence electrons. The number of nitrogens with one attached hydrogen (secondary N) is 1. The molecule has 2 aliphatic rings. The van der Waals surface area contributed by atoms with Crippen LogP contribution in [0.4, 0.5) is 0 Å². The average Bonchev–Trinajstić information content (AvgIpc) is 3.33. The summed E-state index contributed by atoms with van der Waals surface area (Å²) in [6.07, 6.45) is 8.08. The lowest BCUT2D eigenvalue weighted by Crippen LogP contribution is -2.45. The summed E-state index contributed by atoms with van der Waals surface area (Å²) in [5.74, 6) is 1.82.